The predicted molar refractivity (Wildman–Crippen MR) is 86.1 cm³/mol. The third-order valence-corrected chi connectivity index (χ3v) is 4.06. The van der Waals surface area contributed by atoms with Crippen molar-refractivity contribution in [2.24, 2.45) is 0 Å². The molecule has 1 aromatic carbocycles. The van der Waals surface area contributed by atoms with Crippen molar-refractivity contribution in [1.29, 1.82) is 0 Å². The van der Waals surface area contributed by atoms with Crippen molar-refractivity contribution in [3.63, 3.8) is 0 Å². The quantitative estimate of drug-likeness (QED) is 0.760. The number of rotatable bonds is 9. The summed E-state index contributed by atoms with van der Waals surface area (Å²) in [7, 11) is 3.31. The van der Waals surface area contributed by atoms with Crippen LogP contribution in [0.3, 0.4) is 0 Å². The third kappa shape index (κ3) is 4.61. The molecule has 1 aromatic rings. The molecule has 0 aliphatic heterocycles. The van der Waals surface area contributed by atoms with Gasteiger partial charge in [-0.1, -0.05) is 13.8 Å². The second kappa shape index (κ2) is 8.90. The van der Waals surface area contributed by atoms with Gasteiger partial charge in [-0.25, -0.2) is 0 Å². The molecule has 21 heavy (non-hydrogen) atoms. The highest BCUT2D eigenvalue weighted by molar-refractivity contribution is 5.47. The minimum absolute atomic E-state index is 0.183. The average molecular weight is 295 g/mol. The topological polar surface area (TPSA) is 41.9 Å². The van der Waals surface area contributed by atoms with Crippen molar-refractivity contribution in [2.45, 2.75) is 46.2 Å². The zero-order valence-electron chi connectivity index (χ0n) is 14.0. The monoisotopic (exact) mass is 295 g/mol. The van der Waals surface area contributed by atoms with E-state index in [-0.39, 0.29) is 6.61 Å². The first-order chi connectivity index (χ1) is 10.1. The average Bonchev–Trinajstić information content (AvgIpc) is 2.50. The Morgan fingerprint density at radius 1 is 1.10 bits per heavy atom. The summed E-state index contributed by atoms with van der Waals surface area (Å²) in [5, 5.41) is 9.32. The van der Waals surface area contributed by atoms with Crippen molar-refractivity contribution in [3.8, 4) is 11.5 Å². The molecule has 1 N–H and O–H groups in total. The molecule has 4 heteroatoms. The lowest BCUT2D eigenvalue weighted by Gasteiger charge is -2.30. The fourth-order valence-corrected chi connectivity index (χ4v) is 2.74. The van der Waals surface area contributed by atoms with Crippen LogP contribution in [-0.4, -0.2) is 43.4 Å². The zero-order valence-corrected chi connectivity index (χ0v) is 14.0. The molecule has 1 rings (SSSR count). The van der Waals surface area contributed by atoms with Gasteiger partial charge < -0.3 is 14.6 Å². The maximum Gasteiger partial charge on any atom is 0.161 e. The lowest BCUT2D eigenvalue weighted by molar-refractivity contribution is 0.136. The Morgan fingerprint density at radius 2 is 1.67 bits per heavy atom. The molecule has 0 bridgehead atoms. The summed E-state index contributed by atoms with van der Waals surface area (Å²) >= 11 is 0. The van der Waals surface area contributed by atoms with Gasteiger partial charge in [0.2, 0.25) is 0 Å². The second-order valence-corrected chi connectivity index (χ2v) is 5.30. The van der Waals surface area contributed by atoms with Gasteiger partial charge >= 0.3 is 0 Å². The Morgan fingerprint density at radius 3 is 2.14 bits per heavy atom. The van der Waals surface area contributed by atoms with E-state index >= 15 is 0 Å². The molecule has 0 saturated heterocycles. The number of ether oxygens (including phenoxy) is 2. The first-order valence-electron chi connectivity index (χ1n) is 7.67. The van der Waals surface area contributed by atoms with Gasteiger partial charge in [-0.2, -0.15) is 0 Å². The molecule has 0 unspecified atom stereocenters. The molecular weight excluding hydrogens is 266 g/mol. The molecule has 0 aliphatic rings. The van der Waals surface area contributed by atoms with Gasteiger partial charge in [0, 0.05) is 19.1 Å². The Labute approximate surface area is 128 Å². The molecule has 0 radical (unpaired) electrons. The number of hydrogen-bond donors (Lipinski definition) is 1. The normalized spacial score (nSPS) is 11.2. The smallest absolute Gasteiger partial charge is 0.161 e. The van der Waals surface area contributed by atoms with Gasteiger partial charge in [0.15, 0.2) is 11.5 Å². The van der Waals surface area contributed by atoms with Crippen LogP contribution < -0.4 is 9.47 Å². The van der Waals surface area contributed by atoms with Gasteiger partial charge in [0.25, 0.3) is 0 Å². The molecule has 0 heterocycles. The van der Waals surface area contributed by atoms with E-state index in [0.29, 0.717) is 12.6 Å². The summed E-state index contributed by atoms with van der Waals surface area (Å²) < 4.78 is 10.7. The van der Waals surface area contributed by atoms with Crippen LogP contribution in [0.15, 0.2) is 12.1 Å². The van der Waals surface area contributed by atoms with E-state index in [1.54, 1.807) is 14.2 Å². The summed E-state index contributed by atoms with van der Waals surface area (Å²) in [6, 6.07) is 4.55. The van der Waals surface area contributed by atoms with E-state index < -0.39 is 0 Å². The van der Waals surface area contributed by atoms with Crippen LogP contribution >= 0.6 is 0 Å². The minimum Gasteiger partial charge on any atom is -0.493 e. The van der Waals surface area contributed by atoms with E-state index in [1.807, 2.05) is 12.1 Å². The first-order valence-corrected chi connectivity index (χ1v) is 7.67. The number of methoxy groups -OCH3 is 2. The Kier molecular flexibility index (Phi) is 7.54. The summed E-state index contributed by atoms with van der Waals surface area (Å²) in [5.74, 6) is 1.52. The lowest BCUT2D eigenvalue weighted by Crippen LogP contribution is -2.36. The van der Waals surface area contributed by atoms with Gasteiger partial charge in [0.1, 0.15) is 0 Å². The van der Waals surface area contributed by atoms with Crippen molar-refractivity contribution in [1.82, 2.24) is 4.90 Å². The third-order valence-electron chi connectivity index (χ3n) is 4.06. The van der Waals surface area contributed by atoms with Crippen molar-refractivity contribution in [2.75, 3.05) is 27.4 Å². The van der Waals surface area contributed by atoms with Gasteiger partial charge in [0.05, 0.1) is 20.8 Å². The maximum absolute atomic E-state index is 9.32. The SMILES string of the molecule is CCC(CC)N(CCO)Cc1cc(OC)c(OC)cc1C. The number of nitrogens with zero attached hydrogens (tertiary/aromatic N) is 1. The fourth-order valence-electron chi connectivity index (χ4n) is 2.74. The van der Waals surface area contributed by atoms with Crippen LogP contribution in [0.1, 0.15) is 37.8 Å². The number of aliphatic hydroxyl groups excluding tert-OH is 1. The van der Waals surface area contributed by atoms with Crippen LogP contribution in [0, 0.1) is 6.92 Å². The van der Waals surface area contributed by atoms with E-state index in [4.69, 9.17) is 9.47 Å². The number of aliphatic hydroxyl groups is 1. The molecule has 0 saturated carbocycles. The Bertz CT molecular complexity index is 430. The summed E-state index contributed by atoms with van der Waals surface area (Å²) in [6.07, 6.45) is 2.17. The van der Waals surface area contributed by atoms with Crippen LogP contribution in [0.5, 0.6) is 11.5 Å². The van der Waals surface area contributed by atoms with E-state index in [0.717, 1.165) is 30.9 Å². The minimum atomic E-state index is 0.183. The first kappa shape index (κ1) is 17.8. The molecule has 0 fully saturated rings. The van der Waals surface area contributed by atoms with Crippen molar-refractivity contribution >= 4 is 0 Å². The van der Waals surface area contributed by atoms with Gasteiger partial charge in [-0.05, 0) is 43.0 Å². The second-order valence-electron chi connectivity index (χ2n) is 5.30. The molecule has 4 nitrogen and oxygen atoms in total. The molecule has 0 aliphatic carbocycles. The van der Waals surface area contributed by atoms with E-state index in [1.165, 1.54) is 11.1 Å². The van der Waals surface area contributed by atoms with Gasteiger partial charge in [-0.3, -0.25) is 4.90 Å². The van der Waals surface area contributed by atoms with Crippen LogP contribution in [0.4, 0.5) is 0 Å². The summed E-state index contributed by atoms with van der Waals surface area (Å²) in [6.45, 7) is 8.17. The number of aryl methyl sites for hydroxylation is 1. The highest BCUT2D eigenvalue weighted by Gasteiger charge is 2.17. The molecular formula is C17H29NO3. The standard InChI is InChI=1S/C17H29NO3/c1-6-15(7-2)18(8-9-19)12-14-11-17(21-5)16(20-4)10-13(14)3/h10-11,15,19H,6-9,12H2,1-5H3. The molecule has 120 valence electrons. The summed E-state index contributed by atoms with van der Waals surface area (Å²) in [4.78, 5) is 2.34. The summed E-state index contributed by atoms with van der Waals surface area (Å²) in [5.41, 5.74) is 2.40. The molecule has 0 atom stereocenters. The maximum atomic E-state index is 9.32. The van der Waals surface area contributed by atoms with E-state index in [9.17, 15) is 5.11 Å². The lowest BCUT2D eigenvalue weighted by atomic mass is 10.0. The van der Waals surface area contributed by atoms with Crippen LogP contribution in [0.2, 0.25) is 0 Å². The Balaban J connectivity index is 3.02. The molecule has 0 amide bonds. The fraction of sp³-hybridized carbons (Fsp3) is 0.647. The van der Waals surface area contributed by atoms with Crippen molar-refractivity contribution < 1.29 is 14.6 Å². The largest absolute Gasteiger partial charge is 0.493 e. The zero-order chi connectivity index (χ0) is 15.8. The van der Waals surface area contributed by atoms with Crippen LogP contribution in [-0.2, 0) is 6.54 Å². The number of hydrogen-bond acceptors (Lipinski definition) is 4. The highest BCUT2D eigenvalue weighted by Crippen LogP contribution is 2.31. The Hall–Kier alpha value is -1.26. The molecule has 0 spiro atoms. The van der Waals surface area contributed by atoms with Gasteiger partial charge in [-0.15, -0.1) is 0 Å². The highest BCUT2D eigenvalue weighted by atomic mass is 16.5. The van der Waals surface area contributed by atoms with E-state index in [2.05, 4.69) is 25.7 Å². The number of benzene rings is 1. The molecule has 0 aromatic heterocycles. The van der Waals surface area contributed by atoms with Crippen molar-refractivity contribution in [3.05, 3.63) is 23.3 Å². The van der Waals surface area contributed by atoms with Crippen LogP contribution in [0.25, 0.3) is 0 Å². The predicted octanol–water partition coefficient (Wildman–Crippen LogP) is 3.00.